The van der Waals surface area contributed by atoms with Gasteiger partial charge < -0.3 is 14.4 Å². The number of hydrogen-bond acceptors (Lipinski definition) is 6. The van der Waals surface area contributed by atoms with Gasteiger partial charge in [0.25, 0.3) is 5.91 Å². The van der Waals surface area contributed by atoms with Gasteiger partial charge in [-0.05, 0) is 5.56 Å². The Bertz CT molecular complexity index is 945. The van der Waals surface area contributed by atoms with E-state index in [1.165, 1.54) is 16.9 Å². The quantitative estimate of drug-likeness (QED) is 0.661. The Morgan fingerprint density at radius 3 is 2.56 bits per heavy atom. The van der Waals surface area contributed by atoms with Gasteiger partial charge in [-0.15, -0.1) is 0 Å². The standard InChI is InChI=1S/C19H18N4O4/c1-26-19(15-10-6-3-7-11-15)17-18(25)27-21-23(17)22(16(24)12-20-19)13-14-8-4-2-5-9-14/h2-11,20H,12-13H2,1H3. The van der Waals surface area contributed by atoms with Crippen molar-refractivity contribution in [2.45, 2.75) is 12.3 Å². The molecule has 0 bridgehead atoms. The number of hydrogen-bond donors (Lipinski definition) is 1. The molecule has 3 aromatic rings. The van der Waals surface area contributed by atoms with Crippen LogP contribution in [-0.2, 0) is 21.8 Å². The fourth-order valence-corrected chi connectivity index (χ4v) is 3.28. The first-order chi connectivity index (χ1) is 13.2. The number of aromatic nitrogens is 2. The number of methoxy groups -OCH3 is 1. The van der Waals surface area contributed by atoms with Crippen LogP contribution in [0.1, 0.15) is 16.8 Å². The molecular formula is C19H18N4O4. The molecule has 138 valence electrons. The molecule has 2 aromatic carbocycles. The molecule has 0 radical (unpaired) electrons. The summed E-state index contributed by atoms with van der Waals surface area (Å²) in [6.07, 6.45) is 0. The Labute approximate surface area is 155 Å². The Morgan fingerprint density at radius 2 is 1.89 bits per heavy atom. The van der Waals surface area contributed by atoms with Crippen molar-refractivity contribution in [2.75, 3.05) is 18.7 Å². The molecule has 0 spiro atoms. The highest BCUT2D eigenvalue weighted by Gasteiger charge is 2.51. The molecule has 1 amide bonds. The van der Waals surface area contributed by atoms with Crippen LogP contribution in [-0.4, -0.2) is 24.8 Å². The summed E-state index contributed by atoms with van der Waals surface area (Å²) in [4.78, 5) is 14.0. The Morgan fingerprint density at radius 1 is 1.22 bits per heavy atom. The smallest absolute Gasteiger partial charge is 0.319 e. The summed E-state index contributed by atoms with van der Waals surface area (Å²) >= 11 is 0. The third-order valence-electron chi connectivity index (χ3n) is 4.59. The Balaban J connectivity index is 1.86. The lowest BCUT2D eigenvalue weighted by Gasteiger charge is -2.28. The van der Waals surface area contributed by atoms with Crippen LogP contribution in [0.15, 0.2) is 65.2 Å². The second kappa shape index (κ2) is 6.82. The van der Waals surface area contributed by atoms with Crippen molar-refractivity contribution >= 4 is 5.91 Å². The molecule has 0 fully saturated rings. The number of carbonyl (C=O) groups excluding carboxylic acids is 1. The number of fused-ring (bicyclic) bond motifs is 1. The molecule has 0 saturated heterocycles. The van der Waals surface area contributed by atoms with Gasteiger partial charge in [-0.3, -0.25) is 10.1 Å². The molecule has 2 heterocycles. The number of nitrogens with zero attached hydrogens (tertiary/aromatic N) is 3. The Kier molecular flexibility index (Phi) is 4.35. The maximum absolute atomic E-state index is 12.8. The lowest BCUT2D eigenvalue weighted by atomic mass is 9.99. The van der Waals surface area contributed by atoms with Crippen LogP contribution in [0.3, 0.4) is 0 Å². The molecule has 8 heteroatoms. The average Bonchev–Trinajstić information content (AvgIpc) is 3.05. The minimum absolute atomic E-state index is 0.0433. The van der Waals surface area contributed by atoms with E-state index in [0.717, 1.165) is 5.56 Å². The number of rotatable bonds is 4. The van der Waals surface area contributed by atoms with Gasteiger partial charge in [-0.1, -0.05) is 65.7 Å². The normalized spacial score (nSPS) is 19.6. The molecule has 8 nitrogen and oxygen atoms in total. The first-order valence-electron chi connectivity index (χ1n) is 8.45. The van der Waals surface area contributed by atoms with Crippen molar-refractivity contribution < 1.29 is 24.0 Å². The summed E-state index contributed by atoms with van der Waals surface area (Å²) in [6, 6.07) is 18.6. The highest BCUT2D eigenvalue weighted by molar-refractivity contribution is 5.86. The third kappa shape index (κ3) is 2.84. The monoisotopic (exact) mass is 366 g/mol. The zero-order valence-corrected chi connectivity index (χ0v) is 14.7. The number of benzene rings is 2. The van der Waals surface area contributed by atoms with E-state index in [1.54, 1.807) is 0 Å². The van der Waals surface area contributed by atoms with E-state index < -0.39 is 11.7 Å². The zero-order chi connectivity index (χ0) is 18.9. The molecule has 4 rings (SSSR count). The maximum Gasteiger partial charge on any atom is 0.319 e. The van der Waals surface area contributed by atoms with Gasteiger partial charge in [0, 0.05) is 12.7 Å². The van der Waals surface area contributed by atoms with E-state index in [0.29, 0.717) is 5.56 Å². The number of amides is 1. The fraction of sp³-hybridized carbons (Fsp3) is 0.211. The molecule has 1 aliphatic heterocycles. The minimum Gasteiger partial charge on any atom is -0.539 e. The van der Waals surface area contributed by atoms with Crippen LogP contribution in [0, 0.1) is 0 Å². The van der Waals surface area contributed by atoms with Gasteiger partial charge in [0.05, 0.1) is 11.3 Å². The highest BCUT2D eigenvalue weighted by Crippen LogP contribution is 2.33. The molecule has 1 N–H and O–H groups in total. The first-order valence-corrected chi connectivity index (χ1v) is 8.45. The van der Waals surface area contributed by atoms with E-state index in [9.17, 15) is 9.90 Å². The van der Waals surface area contributed by atoms with Crippen molar-refractivity contribution in [3.05, 3.63) is 77.5 Å². The lowest BCUT2D eigenvalue weighted by Crippen LogP contribution is -2.64. The number of carbonyl (C=O) groups is 1. The van der Waals surface area contributed by atoms with Gasteiger partial charge in [0.15, 0.2) is 5.95 Å². The van der Waals surface area contributed by atoms with Crippen LogP contribution in [0.25, 0.3) is 0 Å². The SMILES string of the molecule is COC1(c2ccccc2)NCC(=O)N(Cc2ccccc2)[n+]2noc([O-])c21. The summed E-state index contributed by atoms with van der Waals surface area (Å²) < 4.78 is 10.7. The summed E-state index contributed by atoms with van der Waals surface area (Å²) in [5.41, 5.74) is 0.276. The topological polar surface area (TPSA) is 94.5 Å². The maximum atomic E-state index is 12.8. The van der Waals surface area contributed by atoms with Crippen molar-refractivity contribution in [2.24, 2.45) is 0 Å². The van der Waals surface area contributed by atoms with E-state index in [2.05, 4.69) is 10.6 Å². The van der Waals surface area contributed by atoms with Gasteiger partial charge in [0.1, 0.15) is 11.8 Å². The highest BCUT2D eigenvalue weighted by atomic mass is 16.6. The van der Waals surface area contributed by atoms with Gasteiger partial charge in [-0.2, -0.15) is 0 Å². The van der Waals surface area contributed by atoms with Crippen LogP contribution in [0.5, 0.6) is 5.95 Å². The first kappa shape index (κ1) is 17.2. The second-order valence-corrected chi connectivity index (χ2v) is 6.14. The van der Waals surface area contributed by atoms with Crippen LogP contribution < -0.4 is 20.2 Å². The summed E-state index contributed by atoms with van der Waals surface area (Å²) in [7, 11) is 1.47. The van der Waals surface area contributed by atoms with Gasteiger partial charge >= 0.3 is 5.69 Å². The predicted molar refractivity (Wildman–Crippen MR) is 91.7 cm³/mol. The lowest BCUT2D eigenvalue weighted by molar-refractivity contribution is -0.761. The van der Waals surface area contributed by atoms with Crippen molar-refractivity contribution in [1.82, 2.24) is 10.6 Å². The predicted octanol–water partition coefficient (Wildman–Crippen LogP) is 0.151. The van der Waals surface area contributed by atoms with E-state index in [4.69, 9.17) is 9.26 Å². The molecule has 1 aliphatic rings. The second-order valence-electron chi connectivity index (χ2n) is 6.14. The third-order valence-corrected chi connectivity index (χ3v) is 4.59. The van der Waals surface area contributed by atoms with E-state index >= 15 is 0 Å². The van der Waals surface area contributed by atoms with Crippen molar-refractivity contribution in [3.8, 4) is 5.95 Å². The molecule has 0 saturated carbocycles. The number of ether oxygens (including phenoxy) is 1. The summed E-state index contributed by atoms with van der Waals surface area (Å²) in [5, 5.41) is 20.8. The summed E-state index contributed by atoms with van der Waals surface area (Å²) in [6.45, 7) is 0.192. The van der Waals surface area contributed by atoms with Crippen LogP contribution in [0.4, 0.5) is 0 Å². The average molecular weight is 366 g/mol. The molecule has 1 unspecified atom stereocenters. The van der Waals surface area contributed by atoms with Gasteiger partial charge in [-0.25, -0.2) is 0 Å². The van der Waals surface area contributed by atoms with Crippen molar-refractivity contribution in [1.29, 1.82) is 0 Å². The van der Waals surface area contributed by atoms with Gasteiger partial charge in [0.2, 0.25) is 5.72 Å². The van der Waals surface area contributed by atoms with E-state index in [1.807, 2.05) is 60.7 Å². The van der Waals surface area contributed by atoms with E-state index in [-0.39, 0.29) is 24.7 Å². The Hall–Kier alpha value is -3.23. The number of nitrogens with one attached hydrogen (secondary N) is 1. The molecule has 1 aromatic heterocycles. The molecule has 0 aliphatic carbocycles. The molecule has 1 atom stereocenters. The fourth-order valence-electron chi connectivity index (χ4n) is 3.28. The van der Waals surface area contributed by atoms with Crippen molar-refractivity contribution in [3.63, 3.8) is 0 Å². The zero-order valence-electron chi connectivity index (χ0n) is 14.7. The minimum atomic E-state index is -1.36. The summed E-state index contributed by atoms with van der Waals surface area (Å²) in [5.74, 6) is -0.950. The van der Waals surface area contributed by atoms with Crippen LogP contribution in [0.2, 0.25) is 0 Å². The molecular weight excluding hydrogens is 348 g/mol. The largest absolute Gasteiger partial charge is 0.539 e. The molecule has 27 heavy (non-hydrogen) atoms. The van der Waals surface area contributed by atoms with Crippen LogP contribution >= 0.6 is 0 Å².